The monoisotopic (exact) mass is 329 g/mol. The molecule has 2 aliphatic carbocycles. The Morgan fingerprint density at radius 2 is 2.21 bits per heavy atom. The van der Waals surface area contributed by atoms with Gasteiger partial charge in [0.05, 0.1) is 11.9 Å². The Kier molecular flexibility index (Phi) is 3.58. The lowest BCUT2D eigenvalue weighted by Crippen LogP contribution is -2.34. The average molecular weight is 329 g/mol. The maximum absolute atomic E-state index is 11.6. The van der Waals surface area contributed by atoms with Crippen LogP contribution < -0.4 is 10.0 Å². The molecule has 128 valence electrons. The molecule has 0 amide bonds. The van der Waals surface area contributed by atoms with Gasteiger partial charge in [0.25, 0.3) is 0 Å². The van der Waals surface area contributed by atoms with Crippen molar-refractivity contribution in [2.75, 3.05) is 0 Å². The van der Waals surface area contributed by atoms with Crippen molar-refractivity contribution in [3.8, 4) is 5.82 Å². The van der Waals surface area contributed by atoms with Crippen molar-refractivity contribution >= 4 is 0 Å². The predicted molar refractivity (Wildman–Crippen MR) is 87.3 cm³/mol. The van der Waals surface area contributed by atoms with Gasteiger partial charge in [-0.3, -0.25) is 5.32 Å². The topological polar surface area (TPSA) is 89.9 Å². The SMILES string of the molecule is CC(C)[C@@H](C)NC(O)c1nn(-c2c[n+]([O-])ccn2)c2c1C[C@@H]1C[C@H]21. The van der Waals surface area contributed by atoms with Gasteiger partial charge in [0, 0.05) is 17.5 Å². The van der Waals surface area contributed by atoms with Crippen LogP contribution in [-0.4, -0.2) is 25.9 Å². The first-order valence-corrected chi connectivity index (χ1v) is 8.56. The predicted octanol–water partition coefficient (Wildman–Crippen LogP) is 1.19. The molecule has 7 nitrogen and oxygen atoms in total. The Balaban J connectivity index is 1.72. The molecule has 24 heavy (non-hydrogen) atoms. The summed E-state index contributed by atoms with van der Waals surface area (Å²) in [6.07, 6.45) is 5.56. The zero-order valence-corrected chi connectivity index (χ0v) is 14.2. The van der Waals surface area contributed by atoms with Crippen molar-refractivity contribution in [3.63, 3.8) is 0 Å². The van der Waals surface area contributed by atoms with Crippen LogP contribution in [0.25, 0.3) is 5.82 Å². The quantitative estimate of drug-likeness (QED) is 0.488. The molecule has 2 heterocycles. The van der Waals surface area contributed by atoms with Crippen molar-refractivity contribution in [1.29, 1.82) is 0 Å². The van der Waals surface area contributed by atoms with E-state index in [2.05, 4.69) is 36.2 Å². The van der Waals surface area contributed by atoms with Crippen LogP contribution in [0.2, 0.25) is 0 Å². The van der Waals surface area contributed by atoms with Crippen molar-refractivity contribution in [1.82, 2.24) is 20.1 Å². The highest BCUT2D eigenvalue weighted by Crippen LogP contribution is 2.57. The number of nitrogens with zero attached hydrogens (tertiary/aromatic N) is 4. The van der Waals surface area contributed by atoms with Crippen LogP contribution in [0.3, 0.4) is 0 Å². The molecule has 2 aliphatic rings. The number of hydrogen-bond donors (Lipinski definition) is 2. The molecule has 4 rings (SSSR count). The highest BCUT2D eigenvalue weighted by atomic mass is 16.5. The lowest BCUT2D eigenvalue weighted by molar-refractivity contribution is -0.605. The van der Waals surface area contributed by atoms with Gasteiger partial charge in [-0.15, -0.1) is 0 Å². The third kappa shape index (κ3) is 2.48. The fraction of sp³-hybridized carbons (Fsp3) is 0.588. The Morgan fingerprint density at radius 3 is 2.92 bits per heavy atom. The highest BCUT2D eigenvalue weighted by molar-refractivity contribution is 5.44. The molecular weight excluding hydrogens is 306 g/mol. The third-order valence-electron chi connectivity index (χ3n) is 5.35. The van der Waals surface area contributed by atoms with Gasteiger partial charge in [0.1, 0.15) is 11.9 Å². The normalized spacial score (nSPS) is 23.9. The number of aliphatic hydroxyl groups is 1. The largest absolute Gasteiger partial charge is 0.619 e. The average Bonchev–Trinajstić information content (AvgIpc) is 3.03. The van der Waals surface area contributed by atoms with Crippen LogP contribution in [0.5, 0.6) is 0 Å². The maximum Gasteiger partial charge on any atom is 0.225 e. The van der Waals surface area contributed by atoms with Crippen molar-refractivity contribution < 1.29 is 9.84 Å². The summed E-state index contributed by atoms with van der Waals surface area (Å²) in [5.41, 5.74) is 2.91. The van der Waals surface area contributed by atoms with E-state index < -0.39 is 6.23 Å². The molecular formula is C17H23N5O2. The van der Waals surface area contributed by atoms with E-state index in [0.29, 0.717) is 29.3 Å². The second-order valence-corrected chi connectivity index (χ2v) is 7.34. The van der Waals surface area contributed by atoms with Crippen LogP contribution in [0.15, 0.2) is 18.6 Å². The van der Waals surface area contributed by atoms with Crippen LogP contribution in [0.1, 0.15) is 56.3 Å². The number of nitrogens with one attached hydrogen (secondary N) is 1. The van der Waals surface area contributed by atoms with Crippen LogP contribution >= 0.6 is 0 Å². The van der Waals surface area contributed by atoms with Gasteiger partial charge in [-0.05, 0) is 31.6 Å². The molecule has 0 spiro atoms. The first kappa shape index (κ1) is 15.5. The van der Waals surface area contributed by atoms with Gasteiger partial charge in [0.15, 0.2) is 6.20 Å². The van der Waals surface area contributed by atoms with Gasteiger partial charge < -0.3 is 10.3 Å². The fourth-order valence-electron chi connectivity index (χ4n) is 3.53. The molecule has 2 aromatic rings. The number of hydrogen-bond acceptors (Lipinski definition) is 5. The minimum absolute atomic E-state index is 0.176. The van der Waals surface area contributed by atoms with Gasteiger partial charge in [-0.25, -0.2) is 9.67 Å². The standard InChI is InChI=1S/C17H23N5O2/c1-9(2)10(3)19-17(23)15-13-7-11-6-12(11)16(13)22(20-15)14-8-21(24)5-4-18-14/h4-5,8-12,17,19,23H,6-7H2,1-3H3/t10-,11+,12+,17?/m1/s1. The van der Waals surface area contributed by atoms with E-state index in [9.17, 15) is 10.3 Å². The summed E-state index contributed by atoms with van der Waals surface area (Å²) in [5.74, 6) is 2.06. The molecule has 0 saturated heterocycles. The van der Waals surface area contributed by atoms with E-state index >= 15 is 0 Å². The van der Waals surface area contributed by atoms with Crippen molar-refractivity contribution in [2.45, 2.75) is 51.8 Å². The van der Waals surface area contributed by atoms with Crippen molar-refractivity contribution in [3.05, 3.63) is 40.7 Å². The van der Waals surface area contributed by atoms with Gasteiger partial charge in [0.2, 0.25) is 12.0 Å². The lowest BCUT2D eigenvalue weighted by Gasteiger charge is -2.21. The first-order valence-electron chi connectivity index (χ1n) is 8.56. The zero-order chi connectivity index (χ0) is 17.0. The Bertz CT molecular complexity index is 772. The summed E-state index contributed by atoms with van der Waals surface area (Å²) >= 11 is 0. The van der Waals surface area contributed by atoms with Gasteiger partial charge in [-0.1, -0.05) is 13.8 Å². The molecule has 1 saturated carbocycles. The minimum Gasteiger partial charge on any atom is -0.619 e. The van der Waals surface area contributed by atoms with E-state index in [1.54, 1.807) is 4.68 Å². The lowest BCUT2D eigenvalue weighted by atomic mass is 10.1. The molecule has 7 heteroatoms. The third-order valence-corrected chi connectivity index (χ3v) is 5.35. The molecule has 2 N–H and O–H groups in total. The number of aromatic nitrogens is 4. The second-order valence-electron chi connectivity index (χ2n) is 7.34. The minimum atomic E-state index is -0.807. The Labute approximate surface area is 140 Å². The Morgan fingerprint density at radius 1 is 1.42 bits per heavy atom. The fourth-order valence-corrected chi connectivity index (χ4v) is 3.53. The molecule has 1 fully saturated rings. The van der Waals surface area contributed by atoms with Gasteiger partial charge >= 0.3 is 0 Å². The molecule has 0 bridgehead atoms. The summed E-state index contributed by atoms with van der Waals surface area (Å²) in [6.45, 7) is 6.29. The number of fused-ring (bicyclic) bond motifs is 3. The van der Waals surface area contributed by atoms with E-state index in [4.69, 9.17) is 0 Å². The summed E-state index contributed by atoms with van der Waals surface area (Å²) in [4.78, 5) is 4.28. The van der Waals surface area contributed by atoms with E-state index in [1.165, 1.54) is 18.6 Å². The first-order chi connectivity index (χ1) is 11.5. The number of rotatable bonds is 5. The van der Waals surface area contributed by atoms with E-state index in [1.807, 2.05) is 0 Å². The van der Waals surface area contributed by atoms with Gasteiger partial charge in [-0.2, -0.15) is 9.83 Å². The highest BCUT2D eigenvalue weighted by Gasteiger charge is 2.50. The number of aliphatic hydroxyl groups excluding tert-OH is 1. The second kappa shape index (κ2) is 5.53. The van der Waals surface area contributed by atoms with E-state index in [0.717, 1.165) is 28.8 Å². The van der Waals surface area contributed by atoms with Crippen LogP contribution in [0.4, 0.5) is 0 Å². The molecule has 0 radical (unpaired) electrons. The zero-order valence-electron chi connectivity index (χ0n) is 14.2. The molecule has 4 atom stereocenters. The van der Waals surface area contributed by atoms with Crippen molar-refractivity contribution in [2.24, 2.45) is 11.8 Å². The maximum atomic E-state index is 11.6. The summed E-state index contributed by atoms with van der Waals surface area (Å²) in [5, 5.41) is 30.1. The summed E-state index contributed by atoms with van der Waals surface area (Å²) in [7, 11) is 0. The molecule has 1 unspecified atom stereocenters. The van der Waals surface area contributed by atoms with Crippen LogP contribution in [0, 0.1) is 17.0 Å². The molecule has 0 aliphatic heterocycles. The van der Waals surface area contributed by atoms with E-state index in [-0.39, 0.29) is 6.04 Å². The molecule has 0 aromatic carbocycles. The summed E-state index contributed by atoms with van der Waals surface area (Å²) < 4.78 is 2.48. The summed E-state index contributed by atoms with van der Waals surface area (Å²) in [6, 6.07) is 0.176. The smallest absolute Gasteiger partial charge is 0.225 e. The molecule has 2 aromatic heterocycles. The van der Waals surface area contributed by atoms with Crippen LogP contribution in [-0.2, 0) is 6.42 Å². The Hall–Kier alpha value is -1.99.